The van der Waals surface area contributed by atoms with Gasteiger partial charge in [0.1, 0.15) is 0 Å². The molecule has 0 N–H and O–H groups in total. The van der Waals surface area contributed by atoms with Crippen LogP contribution in [0.1, 0.15) is 32.4 Å². The van der Waals surface area contributed by atoms with Crippen molar-refractivity contribution >= 4 is 28.3 Å². The van der Waals surface area contributed by atoms with E-state index in [1.807, 2.05) is 19.4 Å². The van der Waals surface area contributed by atoms with Crippen molar-refractivity contribution in [2.75, 3.05) is 32.1 Å². The smallest absolute Gasteiger partial charge is 0.305 e. The number of nitrogens with zero attached hydrogens (tertiary/aromatic N) is 3. The first-order valence-corrected chi connectivity index (χ1v) is 7.83. The zero-order valence-electron chi connectivity index (χ0n) is 13.1. The lowest BCUT2D eigenvalue weighted by Gasteiger charge is -2.16. The SMILES string of the molecule is CCN(C(C)=O)c1nc(CN(C)CCCC(=O)OC)cs1. The van der Waals surface area contributed by atoms with Gasteiger partial charge in [0.05, 0.1) is 12.8 Å². The minimum Gasteiger partial charge on any atom is -0.469 e. The van der Waals surface area contributed by atoms with E-state index in [-0.39, 0.29) is 11.9 Å². The van der Waals surface area contributed by atoms with Gasteiger partial charge in [-0.2, -0.15) is 0 Å². The maximum absolute atomic E-state index is 11.5. The number of carbonyl (C=O) groups excluding carboxylic acids is 2. The van der Waals surface area contributed by atoms with Crippen molar-refractivity contribution in [1.29, 1.82) is 0 Å². The van der Waals surface area contributed by atoms with Crippen molar-refractivity contribution in [3.63, 3.8) is 0 Å². The lowest BCUT2D eigenvalue weighted by molar-refractivity contribution is -0.140. The van der Waals surface area contributed by atoms with Gasteiger partial charge in [-0.15, -0.1) is 11.3 Å². The van der Waals surface area contributed by atoms with Gasteiger partial charge in [0.2, 0.25) is 5.91 Å². The summed E-state index contributed by atoms with van der Waals surface area (Å²) in [5, 5.41) is 2.71. The molecule has 1 rings (SSSR count). The number of rotatable bonds is 8. The molecular formula is C14H23N3O3S. The van der Waals surface area contributed by atoms with E-state index in [0.29, 0.717) is 19.5 Å². The predicted molar refractivity (Wildman–Crippen MR) is 83.4 cm³/mol. The molecule has 1 aromatic heterocycles. The van der Waals surface area contributed by atoms with E-state index in [4.69, 9.17) is 0 Å². The van der Waals surface area contributed by atoms with Crippen LogP contribution in [0.25, 0.3) is 0 Å². The molecule has 0 aliphatic carbocycles. The molecule has 1 heterocycles. The van der Waals surface area contributed by atoms with Gasteiger partial charge in [0, 0.05) is 31.8 Å². The second kappa shape index (κ2) is 8.74. The van der Waals surface area contributed by atoms with E-state index in [1.54, 1.807) is 11.8 Å². The number of carbonyl (C=O) groups is 2. The first kappa shape index (κ1) is 17.6. The number of thiazole rings is 1. The molecule has 0 spiro atoms. The lowest BCUT2D eigenvalue weighted by atomic mass is 10.3. The minimum absolute atomic E-state index is 0.00447. The molecule has 0 atom stereocenters. The maximum atomic E-state index is 11.5. The molecule has 0 saturated heterocycles. The van der Waals surface area contributed by atoms with Crippen LogP contribution in [0.5, 0.6) is 0 Å². The first-order chi connectivity index (χ1) is 9.97. The summed E-state index contributed by atoms with van der Waals surface area (Å²) in [5.41, 5.74) is 0.940. The number of ether oxygens (including phenoxy) is 1. The highest BCUT2D eigenvalue weighted by atomic mass is 32.1. The number of anilines is 1. The molecule has 0 aliphatic heterocycles. The Kier molecular flexibility index (Phi) is 7.31. The fourth-order valence-corrected chi connectivity index (χ4v) is 2.86. The summed E-state index contributed by atoms with van der Waals surface area (Å²) >= 11 is 1.48. The van der Waals surface area contributed by atoms with Gasteiger partial charge in [-0.05, 0) is 26.9 Å². The average Bonchev–Trinajstić information content (AvgIpc) is 2.87. The van der Waals surface area contributed by atoms with Crippen molar-refractivity contribution in [3.05, 3.63) is 11.1 Å². The molecule has 0 aliphatic rings. The second-order valence-corrected chi connectivity index (χ2v) is 5.64. The van der Waals surface area contributed by atoms with E-state index in [1.165, 1.54) is 18.4 Å². The number of amides is 1. The van der Waals surface area contributed by atoms with Crippen molar-refractivity contribution in [2.24, 2.45) is 0 Å². The molecule has 118 valence electrons. The fraction of sp³-hybridized carbons (Fsp3) is 0.643. The molecule has 6 nitrogen and oxygen atoms in total. The van der Waals surface area contributed by atoms with Crippen LogP contribution < -0.4 is 4.90 Å². The van der Waals surface area contributed by atoms with E-state index < -0.39 is 0 Å². The summed E-state index contributed by atoms with van der Waals surface area (Å²) in [5.74, 6) is -0.177. The molecule has 21 heavy (non-hydrogen) atoms. The third-order valence-corrected chi connectivity index (χ3v) is 3.96. The Bertz CT molecular complexity index is 476. The molecule has 1 aromatic rings. The van der Waals surface area contributed by atoms with Crippen LogP contribution >= 0.6 is 11.3 Å². The van der Waals surface area contributed by atoms with Crippen LogP contribution in [-0.4, -0.2) is 49.0 Å². The Hall–Kier alpha value is -1.47. The van der Waals surface area contributed by atoms with Gasteiger partial charge in [-0.1, -0.05) is 0 Å². The Balaban J connectivity index is 2.46. The first-order valence-electron chi connectivity index (χ1n) is 6.95. The summed E-state index contributed by atoms with van der Waals surface area (Å²) in [4.78, 5) is 30.8. The molecule has 1 amide bonds. The molecular weight excluding hydrogens is 290 g/mol. The molecule has 0 saturated carbocycles. The Morgan fingerprint density at radius 1 is 1.43 bits per heavy atom. The van der Waals surface area contributed by atoms with E-state index >= 15 is 0 Å². The van der Waals surface area contributed by atoms with Crippen molar-refractivity contribution < 1.29 is 14.3 Å². The van der Waals surface area contributed by atoms with Gasteiger partial charge in [0.25, 0.3) is 0 Å². The molecule has 0 radical (unpaired) electrons. The van der Waals surface area contributed by atoms with Crippen LogP contribution in [-0.2, 0) is 20.9 Å². The zero-order chi connectivity index (χ0) is 15.8. The summed E-state index contributed by atoms with van der Waals surface area (Å²) in [7, 11) is 3.39. The molecule has 0 fully saturated rings. The summed E-state index contributed by atoms with van der Waals surface area (Å²) in [6, 6.07) is 0. The highest BCUT2D eigenvalue weighted by molar-refractivity contribution is 7.14. The third-order valence-electron chi connectivity index (χ3n) is 3.05. The fourth-order valence-electron chi connectivity index (χ4n) is 1.94. The second-order valence-electron chi connectivity index (χ2n) is 4.80. The maximum Gasteiger partial charge on any atom is 0.305 e. The highest BCUT2D eigenvalue weighted by Gasteiger charge is 2.14. The minimum atomic E-state index is -0.181. The largest absolute Gasteiger partial charge is 0.469 e. The van der Waals surface area contributed by atoms with E-state index in [2.05, 4.69) is 14.6 Å². The van der Waals surface area contributed by atoms with Crippen LogP contribution in [0, 0.1) is 0 Å². The van der Waals surface area contributed by atoms with Gasteiger partial charge in [-0.3, -0.25) is 14.5 Å². The number of aromatic nitrogens is 1. The van der Waals surface area contributed by atoms with Crippen molar-refractivity contribution in [3.8, 4) is 0 Å². The average molecular weight is 313 g/mol. The van der Waals surface area contributed by atoms with Gasteiger partial charge < -0.3 is 9.64 Å². The number of hydrogen-bond donors (Lipinski definition) is 0. The lowest BCUT2D eigenvalue weighted by Crippen LogP contribution is -2.27. The Labute approximate surface area is 129 Å². The standard InChI is InChI=1S/C14H23N3O3S/c1-5-17(11(2)18)14-15-12(10-21-14)9-16(3)8-6-7-13(19)20-4/h10H,5-9H2,1-4H3. The monoisotopic (exact) mass is 313 g/mol. The molecule has 0 unspecified atom stereocenters. The van der Waals surface area contributed by atoms with Crippen molar-refractivity contribution in [1.82, 2.24) is 9.88 Å². The van der Waals surface area contributed by atoms with Crippen LogP contribution in [0.4, 0.5) is 5.13 Å². The number of hydrogen-bond acceptors (Lipinski definition) is 6. The van der Waals surface area contributed by atoms with Crippen molar-refractivity contribution in [2.45, 2.75) is 33.2 Å². The van der Waals surface area contributed by atoms with Gasteiger partial charge in [0.15, 0.2) is 5.13 Å². The summed E-state index contributed by atoms with van der Waals surface area (Å²) in [6.07, 6.45) is 1.19. The summed E-state index contributed by atoms with van der Waals surface area (Å²) < 4.78 is 4.61. The highest BCUT2D eigenvalue weighted by Crippen LogP contribution is 2.21. The van der Waals surface area contributed by atoms with Gasteiger partial charge >= 0.3 is 5.97 Å². The summed E-state index contributed by atoms with van der Waals surface area (Å²) in [6.45, 7) is 5.60. The number of esters is 1. The van der Waals surface area contributed by atoms with Gasteiger partial charge in [-0.25, -0.2) is 4.98 Å². The quantitative estimate of drug-likeness (QED) is 0.686. The van der Waals surface area contributed by atoms with Crippen LogP contribution in [0.3, 0.4) is 0 Å². The molecule has 0 bridgehead atoms. The normalized spacial score (nSPS) is 10.7. The topological polar surface area (TPSA) is 62.7 Å². The molecule has 7 heteroatoms. The van der Waals surface area contributed by atoms with E-state index in [9.17, 15) is 9.59 Å². The third kappa shape index (κ3) is 5.81. The van der Waals surface area contributed by atoms with Crippen LogP contribution in [0.15, 0.2) is 5.38 Å². The van der Waals surface area contributed by atoms with Crippen LogP contribution in [0.2, 0.25) is 0 Å². The molecule has 0 aromatic carbocycles. The number of methoxy groups -OCH3 is 1. The predicted octanol–water partition coefficient (Wildman–Crippen LogP) is 1.90. The Morgan fingerprint density at radius 2 is 2.14 bits per heavy atom. The van der Waals surface area contributed by atoms with E-state index in [0.717, 1.165) is 23.8 Å². The Morgan fingerprint density at radius 3 is 2.71 bits per heavy atom. The zero-order valence-corrected chi connectivity index (χ0v) is 13.9.